The van der Waals surface area contributed by atoms with Crippen molar-refractivity contribution in [2.75, 3.05) is 5.32 Å². The van der Waals surface area contributed by atoms with Crippen molar-refractivity contribution in [2.24, 2.45) is 0 Å². The molecule has 6 heteroatoms. The van der Waals surface area contributed by atoms with Gasteiger partial charge < -0.3 is 15.0 Å². The van der Waals surface area contributed by atoms with E-state index in [1.54, 1.807) is 24.4 Å². The quantitative estimate of drug-likeness (QED) is 0.910. The van der Waals surface area contributed by atoms with Crippen molar-refractivity contribution in [1.29, 1.82) is 0 Å². The minimum absolute atomic E-state index is 0.242. The van der Waals surface area contributed by atoms with Gasteiger partial charge in [0.1, 0.15) is 0 Å². The number of anilines is 2. The largest absolute Gasteiger partial charge is 0.478 e. The third-order valence-corrected chi connectivity index (χ3v) is 3.17. The summed E-state index contributed by atoms with van der Waals surface area (Å²) < 4.78 is 2.64. The summed E-state index contributed by atoms with van der Waals surface area (Å²) >= 11 is 3.34. The molecule has 0 amide bonds. The molecule has 0 saturated carbocycles. The molecule has 18 heavy (non-hydrogen) atoms. The molecule has 2 aromatic rings. The fourth-order valence-electron chi connectivity index (χ4n) is 1.56. The molecule has 2 rings (SSSR count). The first kappa shape index (κ1) is 12.6. The molecule has 0 atom stereocenters. The molecule has 0 bridgehead atoms. The van der Waals surface area contributed by atoms with E-state index in [4.69, 9.17) is 5.11 Å². The number of carboxylic acids is 1. The average molecular weight is 310 g/mol. The highest BCUT2D eigenvalue weighted by atomic mass is 79.9. The maximum atomic E-state index is 10.8. The van der Waals surface area contributed by atoms with Crippen LogP contribution < -0.4 is 5.32 Å². The number of benzene rings is 1. The first-order valence-electron chi connectivity index (χ1n) is 5.43. The SMILES string of the molecule is CCn1ccnc1Nc1ccc(C(=O)O)cc1Br. The number of carboxylic acid groups (broad SMARTS) is 1. The van der Waals surface area contributed by atoms with Crippen LogP contribution in [0.2, 0.25) is 0 Å². The van der Waals surface area contributed by atoms with Gasteiger partial charge in [0.15, 0.2) is 0 Å². The lowest BCUT2D eigenvalue weighted by atomic mass is 10.2. The molecular weight excluding hydrogens is 298 g/mol. The van der Waals surface area contributed by atoms with Crippen LogP contribution in [0.4, 0.5) is 11.6 Å². The number of aromatic nitrogens is 2. The molecule has 5 nitrogen and oxygen atoms in total. The molecule has 0 aliphatic heterocycles. The van der Waals surface area contributed by atoms with Crippen molar-refractivity contribution in [2.45, 2.75) is 13.5 Å². The summed E-state index contributed by atoms with van der Waals surface area (Å²) in [6, 6.07) is 4.82. The normalized spacial score (nSPS) is 10.3. The zero-order chi connectivity index (χ0) is 13.1. The minimum Gasteiger partial charge on any atom is -0.478 e. The first-order chi connectivity index (χ1) is 8.61. The second-order valence-corrected chi connectivity index (χ2v) is 4.52. The van der Waals surface area contributed by atoms with Gasteiger partial charge in [0.25, 0.3) is 0 Å². The molecule has 2 N–H and O–H groups in total. The van der Waals surface area contributed by atoms with Gasteiger partial charge in [0.2, 0.25) is 5.95 Å². The Bertz CT molecular complexity index is 580. The highest BCUT2D eigenvalue weighted by molar-refractivity contribution is 9.10. The first-order valence-corrected chi connectivity index (χ1v) is 6.22. The van der Waals surface area contributed by atoms with Crippen molar-refractivity contribution >= 4 is 33.5 Å². The summed E-state index contributed by atoms with van der Waals surface area (Å²) in [6.45, 7) is 2.84. The monoisotopic (exact) mass is 309 g/mol. The summed E-state index contributed by atoms with van der Waals surface area (Å²) in [5, 5.41) is 12.0. The van der Waals surface area contributed by atoms with Gasteiger partial charge in [-0.3, -0.25) is 0 Å². The number of nitrogens with zero attached hydrogens (tertiary/aromatic N) is 2. The molecular formula is C12H12BrN3O2. The van der Waals surface area contributed by atoms with E-state index >= 15 is 0 Å². The van der Waals surface area contributed by atoms with Crippen LogP contribution in [0.1, 0.15) is 17.3 Å². The molecule has 0 aliphatic carbocycles. The summed E-state index contributed by atoms with van der Waals surface area (Å²) in [5.74, 6) is -0.224. The molecule has 0 fully saturated rings. The van der Waals surface area contributed by atoms with Crippen LogP contribution >= 0.6 is 15.9 Å². The van der Waals surface area contributed by atoms with Gasteiger partial charge in [-0.2, -0.15) is 0 Å². The number of nitrogens with one attached hydrogen (secondary N) is 1. The Morgan fingerprint density at radius 2 is 2.33 bits per heavy atom. The third-order valence-electron chi connectivity index (χ3n) is 2.52. The molecule has 0 radical (unpaired) electrons. The smallest absolute Gasteiger partial charge is 0.335 e. The van der Waals surface area contributed by atoms with Gasteiger partial charge in [0.05, 0.1) is 11.3 Å². The highest BCUT2D eigenvalue weighted by Gasteiger charge is 2.08. The molecule has 1 aromatic heterocycles. The Kier molecular flexibility index (Phi) is 3.66. The van der Waals surface area contributed by atoms with E-state index in [-0.39, 0.29) is 5.56 Å². The summed E-state index contributed by atoms with van der Waals surface area (Å²) in [4.78, 5) is 15.0. The maximum absolute atomic E-state index is 10.8. The lowest BCUT2D eigenvalue weighted by Crippen LogP contribution is -2.03. The Balaban J connectivity index is 2.27. The predicted molar refractivity (Wildman–Crippen MR) is 72.3 cm³/mol. The number of aromatic carboxylic acids is 1. The van der Waals surface area contributed by atoms with Crippen molar-refractivity contribution in [3.8, 4) is 0 Å². The Morgan fingerprint density at radius 1 is 1.56 bits per heavy atom. The molecule has 0 spiro atoms. The standard InChI is InChI=1S/C12H12BrN3O2/c1-2-16-6-5-14-12(16)15-10-4-3-8(11(17)18)7-9(10)13/h3-7H,2H2,1H3,(H,14,15)(H,17,18). The molecule has 1 aromatic carbocycles. The maximum Gasteiger partial charge on any atom is 0.335 e. The molecule has 0 unspecified atom stereocenters. The molecule has 1 heterocycles. The predicted octanol–water partition coefficient (Wildman–Crippen LogP) is 3.11. The summed E-state index contributed by atoms with van der Waals surface area (Å²) in [5.41, 5.74) is 1.02. The lowest BCUT2D eigenvalue weighted by Gasteiger charge is -2.10. The Morgan fingerprint density at radius 3 is 2.94 bits per heavy atom. The third kappa shape index (κ3) is 2.53. The number of halogens is 1. The number of hydrogen-bond acceptors (Lipinski definition) is 3. The van der Waals surface area contributed by atoms with Crippen LogP contribution in [0.25, 0.3) is 0 Å². The van der Waals surface area contributed by atoms with E-state index in [1.165, 1.54) is 0 Å². The van der Waals surface area contributed by atoms with E-state index in [0.29, 0.717) is 4.47 Å². The number of aryl methyl sites for hydroxylation is 1. The van der Waals surface area contributed by atoms with Gasteiger partial charge in [-0.25, -0.2) is 9.78 Å². The molecule has 0 aliphatic rings. The minimum atomic E-state index is -0.947. The fraction of sp³-hybridized carbons (Fsp3) is 0.167. The van der Waals surface area contributed by atoms with Crippen LogP contribution in [-0.2, 0) is 6.54 Å². The summed E-state index contributed by atoms with van der Waals surface area (Å²) in [7, 11) is 0. The van der Waals surface area contributed by atoms with Crippen LogP contribution in [0.3, 0.4) is 0 Å². The Labute approximate surface area is 113 Å². The van der Waals surface area contributed by atoms with Gasteiger partial charge in [0, 0.05) is 23.4 Å². The van der Waals surface area contributed by atoms with Crippen molar-refractivity contribution in [1.82, 2.24) is 9.55 Å². The van der Waals surface area contributed by atoms with Gasteiger partial charge in [-0.1, -0.05) is 0 Å². The van der Waals surface area contributed by atoms with E-state index < -0.39 is 5.97 Å². The zero-order valence-electron chi connectivity index (χ0n) is 9.72. The number of carbonyl (C=O) groups is 1. The number of imidazole rings is 1. The second-order valence-electron chi connectivity index (χ2n) is 3.66. The van der Waals surface area contributed by atoms with Crippen molar-refractivity contribution in [3.63, 3.8) is 0 Å². The van der Waals surface area contributed by atoms with Crippen LogP contribution in [-0.4, -0.2) is 20.6 Å². The van der Waals surface area contributed by atoms with Gasteiger partial charge in [-0.15, -0.1) is 0 Å². The van der Waals surface area contributed by atoms with Crippen LogP contribution in [0.5, 0.6) is 0 Å². The highest BCUT2D eigenvalue weighted by Crippen LogP contribution is 2.26. The second kappa shape index (κ2) is 5.22. The number of hydrogen-bond donors (Lipinski definition) is 2. The van der Waals surface area contributed by atoms with Crippen LogP contribution in [0, 0.1) is 0 Å². The summed E-state index contributed by atoms with van der Waals surface area (Å²) in [6.07, 6.45) is 3.59. The topological polar surface area (TPSA) is 67.2 Å². The van der Waals surface area contributed by atoms with Crippen LogP contribution in [0.15, 0.2) is 35.1 Å². The van der Waals surface area contributed by atoms with Crippen molar-refractivity contribution < 1.29 is 9.90 Å². The fourth-order valence-corrected chi connectivity index (χ4v) is 2.04. The van der Waals surface area contributed by atoms with E-state index in [1.807, 2.05) is 17.7 Å². The van der Waals surface area contributed by atoms with E-state index in [2.05, 4.69) is 26.2 Å². The lowest BCUT2D eigenvalue weighted by molar-refractivity contribution is 0.0697. The van der Waals surface area contributed by atoms with Gasteiger partial charge in [-0.05, 0) is 41.1 Å². The molecule has 94 valence electrons. The zero-order valence-corrected chi connectivity index (χ0v) is 11.3. The average Bonchev–Trinajstić information content (AvgIpc) is 2.78. The van der Waals surface area contributed by atoms with Crippen molar-refractivity contribution in [3.05, 3.63) is 40.6 Å². The molecule has 0 saturated heterocycles. The number of rotatable bonds is 4. The van der Waals surface area contributed by atoms with E-state index in [0.717, 1.165) is 18.2 Å². The Hall–Kier alpha value is -1.82. The van der Waals surface area contributed by atoms with Gasteiger partial charge >= 0.3 is 5.97 Å². The van der Waals surface area contributed by atoms with E-state index in [9.17, 15) is 4.79 Å².